The zero-order valence-corrected chi connectivity index (χ0v) is 11.9. The van der Waals surface area contributed by atoms with Crippen molar-refractivity contribution in [2.24, 2.45) is 5.73 Å². The topological polar surface area (TPSA) is 54.7 Å². The maximum atomic E-state index is 5.55. The third-order valence-corrected chi connectivity index (χ3v) is 4.31. The van der Waals surface area contributed by atoms with Crippen molar-refractivity contribution < 1.29 is 0 Å². The molecule has 1 aromatic carbocycles. The van der Waals surface area contributed by atoms with Crippen LogP contribution in [-0.2, 0) is 6.42 Å². The van der Waals surface area contributed by atoms with E-state index in [0.717, 1.165) is 23.9 Å². The number of nitrogens with two attached hydrogens (primary N) is 1. The Kier molecular flexibility index (Phi) is 4.16. The van der Waals surface area contributed by atoms with Gasteiger partial charge in [0.05, 0.1) is 11.9 Å². The van der Waals surface area contributed by atoms with Gasteiger partial charge in [-0.3, -0.25) is 0 Å². The fourth-order valence-corrected chi connectivity index (χ4v) is 3.14. The van der Waals surface area contributed by atoms with Gasteiger partial charge >= 0.3 is 0 Å². The lowest BCUT2D eigenvalue weighted by molar-refractivity contribution is 0.443. The van der Waals surface area contributed by atoms with Crippen molar-refractivity contribution >= 4 is 0 Å². The molecule has 0 spiro atoms. The van der Waals surface area contributed by atoms with Gasteiger partial charge in [0, 0.05) is 6.42 Å². The molecule has 0 unspecified atom stereocenters. The number of benzene rings is 1. The summed E-state index contributed by atoms with van der Waals surface area (Å²) in [6.07, 6.45) is 9.59. The number of aromatic nitrogens is 2. The molecule has 1 aliphatic rings. The van der Waals surface area contributed by atoms with Gasteiger partial charge < -0.3 is 10.7 Å². The summed E-state index contributed by atoms with van der Waals surface area (Å²) >= 11 is 0. The molecule has 1 fully saturated rings. The minimum atomic E-state index is 0.633. The van der Waals surface area contributed by atoms with Crippen LogP contribution in [-0.4, -0.2) is 16.5 Å². The van der Waals surface area contributed by atoms with Gasteiger partial charge in [-0.15, -0.1) is 0 Å². The first-order valence-electron chi connectivity index (χ1n) is 7.71. The molecule has 3 rings (SSSR count). The lowest BCUT2D eigenvalue weighted by atomic mass is 9.84. The maximum Gasteiger partial charge on any atom is 0.107 e. The van der Waals surface area contributed by atoms with Crippen molar-refractivity contribution in [3.8, 4) is 11.3 Å². The van der Waals surface area contributed by atoms with Crippen LogP contribution < -0.4 is 5.73 Å². The summed E-state index contributed by atoms with van der Waals surface area (Å²) in [5, 5.41) is 0. The van der Waals surface area contributed by atoms with E-state index in [4.69, 9.17) is 5.73 Å². The van der Waals surface area contributed by atoms with Gasteiger partial charge in [-0.05, 0) is 36.4 Å². The molecule has 0 amide bonds. The van der Waals surface area contributed by atoms with Crippen LogP contribution >= 0.6 is 0 Å². The first-order valence-corrected chi connectivity index (χ1v) is 7.71. The molecule has 1 saturated carbocycles. The third-order valence-electron chi connectivity index (χ3n) is 4.31. The Morgan fingerprint density at radius 2 is 1.85 bits per heavy atom. The second-order valence-electron chi connectivity index (χ2n) is 5.74. The SMILES string of the molecule is NCCc1ncc(-c2ccc(C3CCCCC3)cc2)[nH]1. The zero-order chi connectivity index (χ0) is 13.8. The van der Waals surface area contributed by atoms with Crippen LogP contribution in [0.15, 0.2) is 30.5 Å². The monoisotopic (exact) mass is 269 g/mol. The van der Waals surface area contributed by atoms with E-state index in [0.29, 0.717) is 6.54 Å². The number of nitrogens with one attached hydrogen (secondary N) is 1. The van der Waals surface area contributed by atoms with E-state index in [9.17, 15) is 0 Å². The first kappa shape index (κ1) is 13.4. The van der Waals surface area contributed by atoms with Crippen molar-refractivity contribution in [2.75, 3.05) is 6.54 Å². The first-order chi connectivity index (χ1) is 9.86. The summed E-state index contributed by atoms with van der Waals surface area (Å²) in [6.45, 7) is 0.633. The second kappa shape index (κ2) is 6.23. The van der Waals surface area contributed by atoms with E-state index in [1.165, 1.54) is 43.2 Å². The molecule has 0 saturated heterocycles. The molecule has 1 aromatic heterocycles. The number of hydrogen-bond acceptors (Lipinski definition) is 2. The summed E-state index contributed by atoms with van der Waals surface area (Å²) in [5.41, 5.74) is 9.34. The molecule has 106 valence electrons. The predicted octanol–water partition coefficient (Wildman–Crippen LogP) is 3.63. The molecule has 1 aliphatic carbocycles. The Morgan fingerprint density at radius 3 is 2.55 bits per heavy atom. The Labute approximate surface area is 120 Å². The molecule has 20 heavy (non-hydrogen) atoms. The van der Waals surface area contributed by atoms with E-state index < -0.39 is 0 Å². The fourth-order valence-electron chi connectivity index (χ4n) is 3.14. The van der Waals surface area contributed by atoms with E-state index in [-0.39, 0.29) is 0 Å². The van der Waals surface area contributed by atoms with Crippen molar-refractivity contribution in [3.05, 3.63) is 41.9 Å². The molecule has 0 aliphatic heterocycles. The van der Waals surface area contributed by atoms with Gasteiger partial charge in [-0.2, -0.15) is 0 Å². The summed E-state index contributed by atoms with van der Waals surface area (Å²) < 4.78 is 0. The van der Waals surface area contributed by atoms with Crippen LogP contribution in [0.2, 0.25) is 0 Å². The molecular formula is C17H23N3. The van der Waals surface area contributed by atoms with E-state index >= 15 is 0 Å². The Hall–Kier alpha value is -1.61. The number of imidazole rings is 1. The van der Waals surface area contributed by atoms with Crippen LogP contribution in [0.4, 0.5) is 0 Å². The average molecular weight is 269 g/mol. The lowest BCUT2D eigenvalue weighted by Gasteiger charge is -2.22. The minimum Gasteiger partial charge on any atom is -0.342 e. The van der Waals surface area contributed by atoms with Gasteiger partial charge in [0.15, 0.2) is 0 Å². The van der Waals surface area contributed by atoms with Crippen molar-refractivity contribution in [3.63, 3.8) is 0 Å². The van der Waals surface area contributed by atoms with Crippen LogP contribution in [0.1, 0.15) is 49.4 Å². The molecule has 3 nitrogen and oxygen atoms in total. The molecule has 0 atom stereocenters. The zero-order valence-electron chi connectivity index (χ0n) is 11.9. The molecule has 1 heterocycles. The van der Waals surface area contributed by atoms with Crippen LogP contribution in [0, 0.1) is 0 Å². The maximum absolute atomic E-state index is 5.55. The van der Waals surface area contributed by atoms with Gasteiger partial charge in [-0.1, -0.05) is 43.5 Å². The number of H-pyrrole nitrogens is 1. The normalized spacial score (nSPS) is 16.4. The number of hydrogen-bond donors (Lipinski definition) is 2. The second-order valence-corrected chi connectivity index (χ2v) is 5.74. The summed E-state index contributed by atoms with van der Waals surface area (Å²) in [4.78, 5) is 7.70. The molecule has 3 heteroatoms. The van der Waals surface area contributed by atoms with Gasteiger partial charge in [0.1, 0.15) is 5.82 Å². The van der Waals surface area contributed by atoms with E-state index in [1.54, 1.807) is 0 Å². The predicted molar refractivity (Wildman–Crippen MR) is 82.6 cm³/mol. The smallest absolute Gasteiger partial charge is 0.107 e. The summed E-state index contributed by atoms with van der Waals surface area (Å²) in [7, 11) is 0. The lowest BCUT2D eigenvalue weighted by Crippen LogP contribution is -2.04. The van der Waals surface area contributed by atoms with Gasteiger partial charge in [0.2, 0.25) is 0 Å². The van der Waals surface area contributed by atoms with Crippen molar-refractivity contribution in [2.45, 2.75) is 44.4 Å². The van der Waals surface area contributed by atoms with Crippen molar-refractivity contribution in [1.29, 1.82) is 0 Å². The highest BCUT2D eigenvalue weighted by atomic mass is 14.9. The Balaban J connectivity index is 1.74. The summed E-state index contributed by atoms with van der Waals surface area (Å²) in [6, 6.07) is 9.00. The van der Waals surface area contributed by atoms with Crippen LogP contribution in [0.5, 0.6) is 0 Å². The molecule has 0 bridgehead atoms. The van der Waals surface area contributed by atoms with Gasteiger partial charge in [-0.25, -0.2) is 4.98 Å². The molecule has 3 N–H and O–H groups in total. The molecule has 0 radical (unpaired) electrons. The number of rotatable bonds is 4. The highest BCUT2D eigenvalue weighted by molar-refractivity contribution is 5.59. The van der Waals surface area contributed by atoms with Crippen LogP contribution in [0.25, 0.3) is 11.3 Å². The molecular weight excluding hydrogens is 246 g/mol. The quantitative estimate of drug-likeness (QED) is 0.890. The standard InChI is InChI=1S/C17H23N3/c18-11-10-17-19-12-16(20-17)15-8-6-14(7-9-15)13-4-2-1-3-5-13/h6-9,12-13H,1-5,10-11,18H2,(H,19,20). The third kappa shape index (κ3) is 2.93. The van der Waals surface area contributed by atoms with Crippen LogP contribution in [0.3, 0.4) is 0 Å². The number of aromatic amines is 1. The largest absolute Gasteiger partial charge is 0.342 e. The van der Waals surface area contributed by atoms with E-state index in [2.05, 4.69) is 34.2 Å². The minimum absolute atomic E-state index is 0.633. The fraction of sp³-hybridized carbons (Fsp3) is 0.471. The van der Waals surface area contributed by atoms with Crippen molar-refractivity contribution in [1.82, 2.24) is 9.97 Å². The summed E-state index contributed by atoms with van der Waals surface area (Å²) in [5.74, 6) is 1.74. The number of nitrogens with zero attached hydrogens (tertiary/aromatic N) is 1. The Morgan fingerprint density at radius 1 is 1.10 bits per heavy atom. The Bertz CT molecular complexity index is 536. The average Bonchev–Trinajstić information content (AvgIpc) is 2.97. The highest BCUT2D eigenvalue weighted by Crippen LogP contribution is 2.33. The van der Waals surface area contributed by atoms with E-state index in [1.807, 2.05) is 6.20 Å². The molecule has 2 aromatic rings. The highest BCUT2D eigenvalue weighted by Gasteiger charge is 2.15. The van der Waals surface area contributed by atoms with Gasteiger partial charge in [0.25, 0.3) is 0 Å².